The highest BCUT2D eigenvalue weighted by molar-refractivity contribution is 5.70. The molecular formula is C14H26N2O2. The maximum absolute atomic E-state index is 10.9. The summed E-state index contributed by atoms with van der Waals surface area (Å²) in [4.78, 5) is 15.9. The van der Waals surface area contributed by atoms with Crippen molar-refractivity contribution in [2.45, 2.75) is 45.7 Å². The molecule has 0 radical (unpaired) electrons. The van der Waals surface area contributed by atoms with Gasteiger partial charge in [0.05, 0.1) is 5.92 Å². The molecule has 2 aliphatic heterocycles. The van der Waals surface area contributed by atoms with E-state index in [0.29, 0.717) is 18.0 Å². The van der Waals surface area contributed by atoms with Crippen LogP contribution in [0.2, 0.25) is 0 Å². The number of hydrogen-bond donors (Lipinski definition) is 1. The zero-order chi connectivity index (χ0) is 13.3. The van der Waals surface area contributed by atoms with Gasteiger partial charge in [0.1, 0.15) is 0 Å². The fourth-order valence-corrected chi connectivity index (χ4v) is 3.13. The van der Waals surface area contributed by atoms with Crippen molar-refractivity contribution in [1.29, 1.82) is 0 Å². The predicted molar refractivity (Wildman–Crippen MR) is 71.6 cm³/mol. The van der Waals surface area contributed by atoms with E-state index in [2.05, 4.69) is 23.6 Å². The molecule has 2 heterocycles. The first-order valence-corrected chi connectivity index (χ1v) is 7.20. The van der Waals surface area contributed by atoms with Gasteiger partial charge in [0.25, 0.3) is 0 Å². The number of nitrogens with zero attached hydrogens (tertiary/aromatic N) is 2. The van der Waals surface area contributed by atoms with E-state index in [4.69, 9.17) is 5.11 Å². The minimum Gasteiger partial charge on any atom is -0.481 e. The lowest BCUT2D eigenvalue weighted by Gasteiger charge is -2.48. The van der Waals surface area contributed by atoms with Crippen LogP contribution in [0.4, 0.5) is 0 Å². The lowest BCUT2D eigenvalue weighted by atomic mass is 9.84. The molecule has 1 atom stereocenters. The van der Waals surface area contributed by atoms with E-state index >= 15 is 0 Å². The summed E-state index contributed by atoms with van der Waals surface area (Å²) in [5.74, 6) is -0.461. The number of carboxylic acids is 1. The smallest absolute Gasteiger partial charge is 0.306 e. The highest BCUT2D eigenvalue weighted by Crippen LogP contribution is 2.29. The molecule has 104 valence electrons. The van der Waals surface area contributed by atoms with Crippen LogP contribution in [-0.4, -0.2) is 59.1 Å². The van der Waals surface area contributed by atoms with Gasteiger partial charge >= 0.3 is 5.97 Å². The zero-order valence-corrected chi connectivity index (χ0v) is 11.8. The molecule has 0 bridgehead atoms. The molecule has 2 fully saturated rings. The van der Waals surface area contributed by atoms with Crippen molar-refractivity contribution >= 4 is 5.97 Å². The largest absolute Gasteiger partial charge is 0.481 e. The SMILES string of the molecule is CC(C(=O)O)C1CN(C2CCN(C(C)C)CC2)C1. The van der Waals surface area contributed by atoms with Crippen molar-refractivity contribution in [3.63, 3.8) is 0 Å². The third-order valence-electron chi connectivity index (χ3n) is 4.78. The topological polar surface area (TPSA) is 43.8 Å². The fraction of sp³-hybridized carbons (Fsp3) is 0.929. The molecule has 0 aromatic heterocycles. The summed E-state index contributed by atoms with van der Waals surface area (Å²) in [5, 5.41) is 8.98. The molecule has 18 heavy (non-hydrogen) atoms. The third kappa shape index (κ3) is 2.86. The summed E-state index contributed by atoms with van der Waals surface area (Å²) in [6, 6.07) is 1.35. The average Bonchev–Trinajstić information content (AvgIpc) is 2.27. The second-order valence-corrected chi connectivity index (χ2v) is 6.20. The summed E-state index contributed by atoms with van der Waals surface area (Å²) in [6.45, 7) is 10.7. The van der Waals surface area contributed by atoms with Crippen molar-refractivity contribution in [2.75, 3.05) is 26.2 Å². The lowest BCUT2D eigenvalue weighted by Crippen LogP contribution is -2.57. The van der Waals surface area contributed by atoms with E-state index < -0.39 is 5.97 Å². The van der Waals surface area contributed by atoms with Crippen molar-refractivity contribution < 1.29 is 9.90 Å². The molecule has 2 aliphatic rings. The molecule has 2 saturated heterocycles. The fourth-order valence-electron chi connectivity index (χ4n) is 3.13. The summed E-state index contributed by atoms with van der Waals surface area (Å²) < 4.78 is 0. The van der Waals surface area contributed by atoms with Crippen molar-refractivity contribution in [3.05, 3.63) is 0 Å². The van der Waals surface area contributed by atoms with E-state index in [-0.39, 0.29) is 5.92 Å². The second kappa shape index (κ2) is 5.57. The highest BCUT2D eigenvalue weighted by atomic mass is 16.4. The maximum atomic E-state index is 10.9. The van der Waals surface area contributed by atoms with Gasteiger partial charge in [-0.3, -0.25) is 9.69 Å². The number of hydrogen-bond acceptors (Lipinski definition) is 3. The number of rotatable bonds is 4. The lowest BCUT2D eigenvalue weighted by molar-refractivity contribution is -0.146. The van der Waals surface area contributed by atoms with Crippen molar-refractivity contribution in [2.24, 2.45) is 11.8 Å². The van der Waals surface area contributed by atoms with Gasteiger partial charge in [-0.2, -0.15) is 0 Å². The van der Waals surface area contributed by atoms with Gasteiger partial charge in [-0.1, -0.05) is 6.92 Å². The van der Waals surface area contributed by atoms with E-state index in [1.807, 2.05) is 6.92 Å². The number of aliphatic carboxylic acids is 1. The van der Waals surface area contributed by atoms with Crippen LogP contribution in [0.5, 0.6) is 0 Å². The summed E-state index contributed by atoms with van der Waals surface area (Å²) in [7, 11) is 0. The third-order valence-corrected chi connectivity index (χ3v) is 4.78. The Morgan fingerprint density at radius 2 is 1.72 bits per heavy atom. The first-order chi connectivity index (χ1) is 8.49. The van der Waals surface area contributed by atoms with Crippen molar-refractivity contribution in [3.8, 4) is 0 Å². The molecule has 1 unspecified atom stereocenters. The van der Waals surface area contributed by atoms with E-state index in [0.717, 1.165) is 13.1 Å². The number of carboxylic acid groups (broad SMARTS) is 1. The van der Waals surface area contributed by atoms with Gasteiger partial charge in [0, 0.05) is 25.2 Å². The van der Waals surface area contributed by atoms with Gasteiger partial charge in [-0.25, -0.2) is 0 Å². The second-order valence-electron chi connectivity index (χ2n) is 6.20. The van der Waals surface area contributed by atoms with E-state index in [1.165, 1.54) is 25.9 Å². The minimum atomic E-state index is -0.644. The Morgan fingerprint density at radius 3 is 2.17 bits per heavy atom. The molecule has 4 heteroatoms. The normalized spacial score (nSPS) is 26.2. The van der Waals surface area contributed by atoms with Gasteiger partial charge in [-0.15, -0.1) is 0 Å². The quantitative estimate of drug-likeness (QED) is 0.826. The zero-order valence-electron chi connectivity index (χ0n) is 11.8. The first-order valence-electron chi connectivity index (χ1n) is 7.20. The number of piperidine rings is 1. The van der Waals surface area contributed by atoms with Crippen LogP contribution < -0.4 is 0 Å². The van der Waals surface area contributed by atoms with Crippen LogP contribution in [0.15, 0.2) is 0 Å². The molecule has 2 rings (SSSR count). The van der Waals surface area contributed by atoms with Gasteiger partial charge in [0.15, 0.2) is 0 Å². The summed E-state index contributed by atoms with van der Waals surface area (Å²) >= 11 is 0. The number of carbonyl (C=O) groups is 1. The number of likely N-dealkylation sites (tertiary alicyclic amines) is 2. The summed E-state index contributed by atoms with van der Waals surface area (Å²) in [5.41, 5.74) is 0. The van der Waals surface area contributed by atoms with E-state index in [1.54, 1.807) is 0 Å². The molecule has 0 saturated carbocycles. The average molecular weight is 254 g/mol. The Labute approximate surface area is 110 Å². The first kappa shape index (κ1) is 13.8. The minimum absolute atomic E-state index is 0.183. The molecule has 1 N–H and O–H groups in total. The van der Waals surface area contributed by atoms with Gasteiger partial charge in [-0.05, 0) is 45.7 Å². The molecule has 0 aromatic rings. The van der Waals surface area contributed by atoms with Crippen LogP contribution in [0.1, 0.15) is 33.6 Å². The molecule has 0 aliphatic carbocycles. The molecule has 0 aromatic carbocycles. The Balaban J connectivity index is 1.72. The van der Waals surface area contributed by atoms with Crippen LogP contribution >= 0.6 is 0 Å². The van der Waals surface area contributed by atoms with Crippen LogP contribution in [-0.2, 0) is 4.79 Å². The summed E-state index contributed by atoms with van der Waals surface area (Å²) in [6.07, 6.45) is 2.48. The molecule has 0 spiro atoms. The van der Waals surface area contributed by atoms with Gasteiger partial charge < -0.3 is 10.0 Å². The Morgan fingerprint density at radius 1 is 1.17 bits per heavy atom. The molecule has 4 nitrogen and oxygen atoms in total. The van der Waals surface area contributed by atoms with E-state index in [9.17, 15) is 4.79 Å². The Kier molecular flexibility index (Phi) is 4.28. The van der Waals surface area contributed by atoms with Crippen LogP contribution in [0, 0.1) is 11.8 Å². The van der Waals surface area contributed by atoms with Crippen LogP contribution in [0.25, 0.3) is 0 Å². The van der Waals surface area contributed by atoms with Gasteiger partial charge in [0.2, 0.25) is 0 Å². The maximum Gasteiger partial charge on any atom is 0.306 e. The van der Waals surface area contributed by atoms with Crippen molar-refractivity contribution in [1.82, 2.24) is 9.80 Å². The Hall–Kier alpha value is -0.610. The predicted octanol–water partition coefficient (Wildman–Crippen LogP) is 1.51. The molecular weight excluding hydrogens is 228 g/mol. The molecule has 0 amide bonds. The monoisotopic (exact) mass is 254 g/mol. The standard InChI is InChI=1S/C14H26N2O2/c1-10(2)15-6-4-13(5-7-15)16-8-12(9-16)11(3)14(17)18/h10-13H,4-9H2,1-3H3,(H,17,18). The van der Waals surface area contributed by atoms with Crippen LogP contribution in [0.3, 0.4) is 0 Å². The highest BCUT2D eigenvalue weighted by Gasteiger charge is 2.38. The Bertz CT molecular complexity index is 292.